The van der Waals surface area contributed by atoms with Gasteiger partial charge in [0, 0.05) is 24.5 Å². The maximum absolute atomic E-state index is 10.6. The summed E-state index contributed by atoms with van der Waals surface area (Å²) in [5.74, 6) is 0. The number of aromatic nitrogens is 1. The van der Waals surface area contributed by atoms with Gasteiger partial charge in [-0.3, -0.25) is 15.1 Å². The van der Waals surface area contributed by atoms with E-state index in [2.05, 4.69) is 4.98 Å². The molecule has 0 radical (unpaired) electrons. The van der Waals surface area contributed by atoms with Gasteiger partial charge in [-0.05, 0) is 23.3 Å². The van der Waals surface area contributed by atoms with Crippen molar-refractivity contribution < 1.29 is 15.2 Å². The summed E-state index contributed by atoms with van der Waals surface area (Å²) in [6.45, 7) is 0. The molecule has 0 aliphatic carbocycles. The Morgan fingerprint density at radius 3 is 2.11 bits per heavy atom. The van der Waals surface area contributed by atoms with Crippen LogP contribution in [0.3, 0.4) is 0 Å². The van der Waals surface area contributed by atoms with E-state index in [1.165, 1.54) is 6.07 Å². The fourth-order valence-electron chi connectivity index (χ4n) is 1.34. The lowest BCUT2D eigenvalue weighted by Gasteiger charge is -1.99. The van der Waals surface area contributed by atoms with Crippen LogP contribution in [-0.4, -0.2) is 20.2 Å². The molecule has 2 aromatic rings. The van der Waals surface area contributed by atoms with Gasteiger partial charge >= 0.3 is 0 Å². The predicted octanol–water partition coefficient (Wildman–Crippen LogP) is 2.31. The summed E-state index contributed by atoms with van der Waals surface area (Å²) in [5, 5.41) is 24.2. The molecule has 19 heavy (non-hydrogen) atoms. The van der Waals surface area contributed by atoms with Crippen molar-refractivity contribution in [2.24, 2.45) is 0 Å². The molecule has 0 saturated heterocycles. The molecule has 1 aromatic heterocycles. The normalized spacial score (nSPS) is 9.05. The summed E-state index contributed by atoms with van der Waals surface area (Å²) < 4.78 is 0. The molecule has 0 bridgehead atoms. The standard InChI is InChI=1S/C11H8N2O2.HNO3/c14-13(15)11-3-1-2-10(8-11)9-4-6-12-7-5-9;2-1(3)4/h1-8H;(H,2,3,4). The summed E-state index contributed by atoms with van der Waals surface area (Å²) >= 11 is 0. The van der Waals surface area contributed by atoms with Gasteiger partial charge in [-0.1, -0.05) is 12.1 Å². The molecule has 8 heteroatoms. The van der Waals surface area contributed by atoms with E-state index in [1.54, 1.807) is 24.5 Å². The zero-order chi connectivity index (χ0) is 14.3. The maximum atomic E-state index is 10.6. The van der Waals surface area contributed by atoms with Gasteiger partial charge in [-0.15, -0.1) is 10.1 Å². The largest absolute Gasteiger partial charge is 0.328 e. The topological polar surface area (TPSA) is 119 Å². The summed E-state index contributed by atoms with van der Waals surface area (Å²) in [6.07, 6.45) is 3.32. The lowest BCUT2D eigenvalue weighted by Crippen LogP contribution is -1.87. The minimum atomic E-state index is -1.50. The van der Waals surface area contributed by atoms with E-state index in [9.17, 15) is 10.1 Å². The van der Waals surface area contributed by atoms with Gasteiger partial charge in [0.1, 0.15) is 0 Å². The van der Waals surface area contributed by atoms with E-state index in [1.807, 2.05) is 18.2 Å². The Hall–Kier alpha value is -3.03. The maximum Gasteiger partial charge on any atom is 0.291 e. The molecular formula is C11H9N3O5. The number of nitrogens with zero attached hydrogens (tertiary/aromatic N) is 3. The second-order valence-corrected chi connectivity index (χ2v) is 3.28. The van der Waals surface area contributed by atoms with Gasteiger partial charge in [-0.2, -0.15) is 0 Å². The smallest absolute Gasteiger partial charge is 0.291 e. The van der Waals surface area contributed by atoms with Crippen LogP contribution >= 0.6 is 0 Å². The highest BCUT2D eigenvalue weighted by Crippen LogP contribution is 2.22. The Bertz CT molecular complexity index is 570. The first-order valence-electron chi connectivity index (χ1n) is 4.99. The number of benzene rings is 1. The minimum Gasteiger partial charge on any atom is -0.328 e. The van der Waals surface area contributed by atoms with Crippen molar-refractivity contribution in [1.29, 1.82) is 0 Å². The second-order valence-electron chi connectivity index (χ2n) is 3.28. The first kappa shape index (κ1) is 14.0. The van der Waals surface area contributed by atoms with Crippen molar-refractivity contribution in [2.75, 3.05) is 0 Å². The first-order valence-corrected chi connectivity index (χ1v) is 4.99. The number of hydrogen-bond donors (Lipinski definition) is 1. The lowest BCUT2D eigenvalue weighted by atomic mass is 10.1. The van der Waals surface area contributed by atoms with E-state index in [0.717, 1.165) is 11.1 Å². The molecule has 98 valence electrons. The number of nitro groups is 1. The van der Waals surface area contributed by atoms with E-state index in [4.69, 9.17) is 15.3 Å². The van der Waals surface area contributed by atoms with Crippen molar-refractivity contribution >= 4 is 5.69 Å². The molecule has 0 spiro atoms. The second kappa shape index (κ2) is 6.64. The van der Waals surface area contributed by atoms with Crippen molar-refractivity contribution in [1.82, 2.24) is 4.98 Å². The molecular weight excluding hydrogens is 254 g/mol. The van der Waals surface area contributed by atoms with Crippen LogP contribution in [0.2, 0.25) is 0 Å². The third-order valence-electron chi connectivity index (χ3n) is 2.07. The fourth-order valence-corrected chi connectivity index (χ4v) is 1.34. The molecule has 0 saturated carbocycles. The molecule has 2 rings (SSSR count). The Balaban J connectivity index is 0.000000399. The lowest BCUT2D eigenvalue weighted by molar-refractivity contribution is -0.742. The van der Waals surface area contributed by atoms with Gasteiger partial charge in [0.2, 0.25) is 0 Å². The van der Waals surface area contributed by atoms with Crippen LogP contribution in [0.4, 0.5) is 5.69 Å². The van der Waals surface area contributed by atoms with Crippen molar-refractivity contribution in [2.45, 2.75) is 0 Å². The zero-order valence-corrected chi connectivity index (χ0v) is 9.54. The third-order valence-corrected chi connectivity index (χ3v) is 2.07. The number of nitro benzene ring substituents is 1. The summed E-state index contributed by atoms with van der Waals surface area (Å²) in [7, 11) is 0. The van der Waals surface area contributed by atoms with E-state index in [-0.39, 0.29) is 5.69 Å². The highest BCUT2D eigenvalue weighted by molar-refractivity contribution is 5.65. The molecule has 0 unspecified atom stereocenters. The minimum absolute atomic E-state index is 0.101. The summed E-state index contributed by atoms with van der Waals surface area (Å²) in [4.78, 5) is 22.4. The van der Waals surface area contributed by atoms with Gasteiger partial charge in [0.15, 0.2) is 0 Å². The van der Waals surface area contributed by atoms with Crippen LogP contribution in [0.1, 0.15) is 0 Å². The molecule has 1 heterocycles. The molecule has 1 N–H and O–H groups in total. The quantitative estimate of drug-likeness (QED) is 0.655. The predicted molar refractivity (Wildman–Crippen MR) is 65.1 cm³/mol. The van der Waals surface area contributed by atoms with Gasteiger partial charge in [0.25, 0.3) is 10.8 Å². The zero-order valence-electron chi connectivity index (χ0n) is 9.54. The van der Waals surface area contributed by atoms with Crippen LogP contribution in [-0.2, 0) is 0 Å². The molecule has 8 nitrogen and oxygen atoms in total. The van der Waals surface area contributed by atoms with E-state index >= 15 is 0 Å². The average molecular weight is 263 g/mol. The van der Waals surface area contributed by atoms with Crippen LogP contribution in [0.25, 0.3) is 11.1 Å². The Morgan fingerprint density at radius 2 is 1.58 bits per heavy atom. The van der Waals surface area contributed by atoms with Gasteiger partial charge in [-0.25, -0.2) is 0 Å². The molecule has 0 aliphatic rings. The van der Waals surface area contributed by atoms with Crippen molar-refractivity contribution in [3.63, 3.8) is 0 Å². The van der Waals surface area contributed by atoms with Crippen LogP contribution in [0.5, 0.6) is 0 Å². The van der Waals surface area contributed by atoms with Crippen molar-refractivity contribution in [3.8, 4) is 11.1 Å². The Morgan fingerprint density at radius 1 is 1.00 bits per heavy atom. The number of non-ortho nitro benzene ring substituents is 1. The average Bonchev–Trinajstić information content (AvgIpc) is 2.39. The van der Waals surface area contributed by atoms with Crippen LogP contribution < -0.4 is 0 Å². The van der Waals surface area contributed by atoms with Gasteiger partial charge < -0.3 is 5.21 Å². The molecule has 0 amide bonds. The van der Waals surface area contributed by atoms with E-state index < -0.39 is 10.0 Å². The number of rotatable bonds is 2. The van der Waals surface area contributed by atoms with Crippen molar-refractivity contribution in [3.05, 3.63) is 69.0 Å². The fraction of sp³-hybridized carbons (Fsp3) is 0. The molecule has 0 aliphatic heterocycles. The number of hydrogen-bond acceptors (Lipinski definition) is 5. The number of pyridine rings is 1. The highest BCUT2D eigenvalue weighted by Gasteiger charge is 2.06. The highest BCUT2D eigenvalue weighted by atomic mass is 16.9. The summed E-state index contributed by atoms with van der Waals surface area (Å²) in [5.41, 5.74) is 1.85. The molecule has 0 fully saturated rings. The van der Waals surface area contributed by atoms with Crippen LogP contribution in [0, 0.1) is 20.2 Å². The van der Waals surface area contributed by atoms with E-state index in [0.29, 0.717) is 0 Å². The molecule has 0 atom stereocenters. The Labute approximate surface area is 107 Å². The first-order chi connectivity index (χ1) is 9.00. The monoisotopic (exact) mass is 263 g/mol. The van der Waals surface area contributed by atoms with Gasteiger partial charge in [0.05, 0.1) is 4.92 Å². The van der Waals surface area contributed by atoms with Crippen LogP contribution in [0.15, 0.2) is 48.8 Å². The SMILES string of the molecule is O=[N+]([O-])O.O=[N+]([O-])c1cccc(-c2ccncc2)c1. The third kappa shape index (κ3) is 4.77. The summed E-state index contributed by atoms with van der Waals surface area (Å²) in [6, 6.07) is 10.2. The molecule has 1 aromatic carbocycles. The Kier molecular flexibility index (Phi) is 4.91.